The van der Waals surface area contributed by atoms with E-state index in [2.05, 4.69) is 82.2 Å². The van der Waals surface area contributed by atoms with Gasteiger partial charge in [0.15, 0.2) is 0 Å². The van der Waals surface area contributed by atoms with E-state index < -0.39 is 0 Å². The highest BCUT2D eigenvalue weighted by Crippen LogP contribution is 2.56. The lowest BCUT2D eigenvalue weighted by molar-refractivity contribution is 0.400. The van der Waals surface area contributed by atoms with E-state index in [0.29, 0.717) is 0 Å². The zero-order valence-electron chi connectivity index (χ0n) is 14.1. The summed E-state index contributed by atoms with van der Waals surface area (Å²) in [6, 6.07) is 15.1. The van der Waals surface area contributed by atoms with Gasteiger partial charge in [0, 0.05) is 30.7 Å². The second-order valence-electron chi connectivity index (χ2n) is 6.94. The van der Waals surface area contributed by atoms with Gasteiger partial charge in [-0.15, -0.1) is 0 Å². The largest absolute Gasteiger partial charge is 0.488 e. The first kappa shape index (κ1) is 15.4. The van der Waals surface area contributed by atoms with Crippen molar-refractivity contribution in [3.05, 3.63) is 42.5 Å². The number of hydrogen-bond acceptors (Lipinski definition) is 2. The lowest BCUT2D eigenvalue weighted by atomic mass is 10.0. The van der Waals surface area contributed by atoms with Crippen LogP contribution in [0.1, 0.15) is 20.8 Å². The number of benzene rings is 2. The fourth-order valence-corrected chi connectivity index (χ4v) is 5.30. The Bertz CT molecular complexity index is 688. The molecule has 1 heterocycles. The molecular formula is C19H24NOP. The zero-order valence-corrected chi connectivity index (χ0v) is 14.9. The molecule has 2 aromatic carbocycles. The van der Waals surface area contributed by atoms with Crippen molar-refractivity contribution in [2.75, 3.05) is 25.3 Å². The molecule has 0 spiro atoms. The summed E-state index contributed by atoms with van der Waals surface area (Å²) in [5, 5.41) is 1.68. The summed E-state index contributed by atoms with van der Waals surface area (Å²) in [4.78, 5) is 2.18. The van der Waals surface area contributed by atoms with Crippen LogP contribution in [0, 0.1) is 0 Å². The SMILES string of the molecule is CN(C)c1ccccc1-c1cccc2c1P(C(C)(C)C)CO2. The van der Waals surface area contributed by atoms with Crippen LogP contribution in [-0.2, 0) is 0 Å². The van der Waals surface area contributed by atoms with Crippen molar-refractivity contribution >= 4 is 18.9 Å². The maximum Gasteiger partial charge on any atom is 0.128 e. The van der Waals surface area contributed by atoms with Crippen LogP contribution < -0.4 is 14.9 Å². The predicted molar refractivity (Wildman–Crippen MR) is 98.0 cm³/mol. The Balaban J connectivity index is 2.21. The molecule has 1 aliphatic heterocycles. The summed E-state index contributed by atoms with van der Waals surface area (Å²) in [6.07, 6.45) is 0.843. The third-order valence-corrected chi connectivity index (χ3v) is 7.11. The molecule has 2 aromatic rings. The minimum atomic E-state index is -0.319. The van der Waals surface area contributed by atoms with Crippen molar-refractivity contribution in [3.8, 4) is 16.9 Å². The molecule has 116 valence electrons. The number of hydrogen-bond donors (Lipinski definition) is 0. The van der Waals surface area contributed by atoms with Crippen LogP contribution in [0.15, 0.2) is 42.5 Å². The van der Waals surface area contributed by atoms with Crippen LogP contribution in [0.5, 0.6) is 5.75 Å². The second kappa shape index (κ2) is 5.59. The summed E-state index contributed by atoms with van der Waals surface area (Å²) >= 11 is 0. The molecule has 0 N–H and O–H groups in total. The molecule has 1 atom stereocenters. The molecule has 0 saturated carbocycles. The van der Waals surface area contributed by atoms with E-state index in [1.165, 1.54) is 22.1 Å². The van der Waals surface area contributed by atoms with Gasteiger partial charge in [-0.1, -0.05) is 51.1 Å². The summed E-state index contributed by atoms with van der Waals surface area (Å²) in [6.45, 7) is 6.98. The number of fused-ring (bicyclic) bond motifs is 1. The predicted octanol–water partition coefficient (Wildman–Crippen LogP) is 4.68. The number of anilines is 1. The molecule has 0 saturated heterocycles. The topological polar surface area (TPSA) is 12.5 Å². The molecule has 3 rings (SSSR count). The maximum atomic E-state index is 6.02. The van der Waals surface area contributed by atoms with Gasteiger partial charge < -0.3 is 9.64 Å². The van der Waals surface area contributed by atoms with Crippen molar-refractivity contribution in [3.63, 3.8) is 0 Å². The van der Waals surface area contributed by atoms with Gasteiger partial charge in [-0.05, 0) is 30.8 Å². The quantitative estimate of drug-likeness (QED) is 0.747. The highest BCUT2D eigenvalue weighted by atomic mass is 31.1. The smallest absolute Gasteiger partial charge is 0.128 e. The van der Waals surface area contributed by atoms with Crippen molar-refractivity contribution in [1.29, 1.82) is 0 Å². The molecule has 2 nitrogen and oxygen atoms in total. The number of para-hydroxylation sites is 1. The van der Waals surface area contributed by atoms with E-state index in [-0.39, 0.29) is 13.1 Å². The van der Waals surface area contributed by atoms with Gasteiger partial charge in [0.05, 0.1) is 0 Å². The van der Waals surface area contributed by atoms with Gasteiger partial charge in [0.25, 0.3) is 0 Å². The molecule has 0 bridgehead atoms. The first-order valence-corrected chi connectivity index (χ1v) is 9.22. The number of ether oxygens (including phenoxy) is 1. The Morgan fingerprint density at radius 3 is 2.32 bits per heavy atom. The van der Waals surface area contributed by atoms with Gasteiger partial charge in [0.1, 0.15) is 12.1 Å². The average molecular weight is 313 g/mol. The zero-order chi connectivity index (χ0) is 15.9. The summed E-state index contributed by atoms with van der Waals surface area (Å²) in [5.74, 6) is 1.08. The number of nitrogens with zero attached hydrogens (tertiary/aromatic N) is 1. The van der Waals surface area contributed by atoms with E-state index in [1.54, 1.807) is 0 Å². The Hall–Kier alpha value is -1.53. The van der Waals surface area contributed by atoms with E-state index >= 15 is 0 Å². The highest BCUT2D eigenvalue weighted by molar-refractivity contribution is 7.67. The van der Waals surface area contributed by atoms with Crippen molar-refractivity contribution < 1.29 is 4.74 Å². The lowest BCUT2D eigenvalue weighted by Gasteiger charge is -2.28. The minimum absolute atomic E-state index is 0.254. The summed E-state index contributed by atoms with van der Waals surface area (Å²) in [5.41, 5.74) is 3.89. The van der Waals surface area contributed by atoms with Crippen LogP contribution in [0.2, 0.25) is 0 Å². The molecule has 0 fully saturated rings. The first-order valence-electron chi connectivity index (χ1n) is 7.70. The number of rotatable bonds is 2. The van der Waals surface area contributed by atoms with Gasteiger partial charge in [0.2, 0.25) is 0 Å². The standard InChI is InChI=1S/C19H24NOP/c1-19(2,3)22-13-21-17-12-8-10-15(18(17)22)14-9-6-7-11-16(14)20(4)5/h6-12H,13H2,1-5H3. The summed E-state index contributed by atoms with van der Waals surface area (Å²) < 4.78 is 6.02. The fraction of sp³-hybridized carbons (Fsp3) is 0.368. The first-order chi connectivity index (χ1) is 10.4. The normalized spacial score (nSPS) is 17.0. The van der Waals surface area contributed by atoms with Crippen molar-refractivity contribution in [2.45, 2.75) is 25.9 Å². The molecule has 0 aliphatic carbocycles. The maximum absolute atomic E-state index is 6.02. The molecule has 0 aromatic heterocycles. The Labute approximate surface area is 134 Å². The fourth-order valence-electron chi connectivity index (χ4n) is 2.95. The van der Waals surface area contributed by atoms with Gasteiger partial charge in [-0.3, -0.25) is 0 Å². The Morgan fingerprint density at radius 1 is 0.955 bits per heavy atom. The molecule has 1 unspecified atom stereocenters. The third-order valence-electron chi connectivity index (χ3n) is 4.10. The van der Waals surface area contributed by atoms with Crippen LogP contribution in [0.3, 0.4) is 0 Å². The Kier molecular flexibility index (Phi) is 3.91. The van der Waals surface area contributed by atoms with Crippen LogP contribution in [-0.4, -0.2) is 25.6 Å². The van der Waals surface area contributed by atoms with E-state index in [0.717, 1.165) is 12.1 Å². The summed E-state index contributed by atoms with van der Waals surface area (Å²) in [7, 11) is 3.89. The lowest BCUT2D eigenvalue weighted by Crippen LogP contribution is -2.19. The molecule has 3 heteroatoms. The average Bonchev–Trinajstić information content (AvgIpc) is 2.91. The second-order valence-corrected chi connectivity index (χ2v) is 9.84. The monoisotopic (exact) mass is 313 g/mol. The third kappa shape index (κ3) is 2.61. The van der Waals surface area contributed by atoms with Crippen molar-refractivity contribution in [2.24, 2.45) is 0 Å². The molecule has 22 heavy (non-hydrogen) atoms. The van der Waals surface area contributed by atoms with E-state index in [1.807, 2.05) is 0 Å². The minimum Gasteiger partial charge on any atom is -0.488 e. The molecule has 0 amide bonds. The van der Waals surface area contributed by atoms with Gasteiger partial charge >= 0.3 is 0 Å². The van der Waals surface area contributed by atoms with Gasteiger partial charge in [-0.25, -0.2) is 0 Å². The molecule has 1 aliphatic rings. The molecule has 0 radical (unpaired) electrons. The highest BCUT2D eigenvalue weighted by Gasteiger charge is 2.35. The van der Waals surface area contributed by atoms with E-state index in [4.69, 9.17) is 4.74 Å². The van der Waals surface area contributed by atoms with Crippen LogP contribution in [0.25, 0.3) is 11.1 Å². The van der Waals surface area contributed by atoms with Crippen LogP contribution in [0.4, 0.5) is 5.69 Å². The van der Waals surface area contributed by atoms with Crippen molar-refractivity contribution in [1.82, 2.24) is 0 Å². The van der Waals surface area contributed by atoms with Gasteiger partial charge in [-0.2, -0.15) is 0 Å². The Morgan fingerprint density at radius 2 is 1.64 bits per heavy atom. The van der Waals surface area contributed by atoms with Crippen LogP contribution >= 0.6 is 7.92 Å². The molecular weight excluding hydrogens is 289 g/mol. The van der Waals surface area contributed by atoms with E-state index in [9.17, 15) is 0 Å².